The molecule has 0 saturated heterocycles. The Morgan fingerprint density at radius 1 is 1.36 bits per heavy atom. The lowest BCUT2D eigenvalue weighted by molar-refractivity contribution is -0.111. The van der Waals surface area contributed by atoms with Crippen molar-refractivity contribution >= 4 is 29.0 Å². The predicted molar refractivity (Wildman–Crippen MR) is 85.9 cm³/mol. The molecule has 2 aromatic heterocycles. The third kappa shape index (κ3) is 3.26. The minimum atomic E-state index is -0.224. The zero-order valence-corrected chi connectivity index (χ0v) is 12.6. The monoisotopic (exact) mass is 311 g/mol. The summed E-state index contributed by atoms with van der Waals surface area (Å²) in [6.45, 7) is 1.93. The van der Waals surface area contributed by atoms with E-state index in [-0.39, 0.29) is 5.91 Å². The highest BCUT2D eigenvalue weighted by Gasteiger charge is 2.06. The molecule has 3 aromatic rings. The molecule has 0 fully saturated rings. The molecule has 0 atom stereocenters. The first-order valence-electron chi connectivity index (χ1n) is 6.57. The highest BCUT2D eigenvalue weighted by atomic mass is 32.1. The average Bonchev–Trinajstić information content (AvgIpc) is 3.17. The number of para-hydroxylation sites is 2. The summed E-state index contributed by atoms with van der Waals surface area (Å²) in [6, 6.07) is 7.40. The zero-order chi connectivity index (χ0) is 15.4. The second-order valence-electron chi connectivity index (χ2n) is 4.47. The summed E-state index contributed by atoms with van der Waals surface area (Å²) in [5.41, 5.74) is 2.20. The fraction of sp³-hybridized carbons (Fsp3) is 0.0667. The maximum atomic E-state index is 12.0. The molecule has 7 heteroatoms. The van der Waals surface area contributed by atoms with Crippen molar-refractivity contribution in [3.63, 3.8) is 0 Å². The van der Waals surface area contributed by atoms with Crippen LogP contribution in [-0.4, -0.2) is 25.7 Å². The molecule has 6 nitrogen and oxygen atoms in total. The maximum Gasteiger partial charge on any atom is 0.248 e. The largest absolute Gasteiger partial charge is 0.321 e. The number of hydrogen-bond acceptors (Lipinski definition) is 5. The Balaban J connectivity index is 1.76. The minimum absolute atomic E-state index is 0.224. The molecular weight excluding hydrogens is 298 g/mol. The van der Waals surface area contributed by atoms with E-state index in [1.807, 2.05) is 36.6 Å². The standard InChI is InChI=1S/C15H13N5OS/c1-11-18-12(8-22-11)6-7-15(21)19-13-4-2-3-5-14(13)20-10-16-9-17-20/h2-10H,1H3,(H,19,21)/b7-6+. The Morgan fingerprint density at radius 2 is 2.23 bits per heavy atom. The van der Waals surface area contributed by atoms with Crippen LogP contribution in [0.4, 0.5) is 5.69 Å². The lowest BCUT2D eigenvalue weighted by Gasteiger charge is -2.08. The van der Waals surface area contributed by atoms with Crippen LogP contribution in [0.3, 0.4) is 0 Å². The second-order valence-corrected chi connectivity index (χ2v) is 5.53. The molecule has 0 aliphatic carbocycles. The normalized spacial score (nSPS) is 11.0. The van der Waals surface area contributed by atoms with Crippen molar-refractivity contribution < 1.29 is 4.79 Å². The predicted octanol–water partition coefficient (Wildman–Crippen LogP) is 2.68. The fourth-order valence-corrected chi connectivity index (χ4v) is 2.48. The molecule has 0 radical (unpaired) electrons. The van der Waals surface area contributed by atoms with Gasteiger partial charge in [-0.1, -0.05) is 12.1 Å². The van der Waals surface area contributed by atoms with Crippen LogP contribution in [0.25, 0.3) is 11.8 Å². The van der Waals surface area contributed by atoms with Gasteiger partial charge in [-0.15, -0.1) is 11.3 Å². The summed E-state index contributed by atoms with van der Waals surface area (Å²) in [7, 11) is 0. The van der Waals surface area contributed by atoms with Gasteiger partial charge in [0, 0.05) is 11.5 Å². The van der Waals surface area contributed by atoms with Crippen molar-refractivity contribution in [2.75, 3.05) is 5.32 Å². The maximum absolute atomic E-state index is 12.0. The summed E-state index contributed by atoms with van der Waals surface area (Å²) in [6.07, 6.45) is 6.19. The van der Waals surface area contributed by atoms with Crippen LogP contribution in [0.2, 0.25) is 0 Å². The van der Waals surface area contributed by atoms with E-state index in [9.17, 15) is 4.79 Å². The van der Waals surface area contributed by atoms with E-state index in [0.717, 1.165) is 16.4 Å². The molecular formula is C15H13N5OS. The molecule has 0 unspecified atom stereocenters. The highest BCUT2D eigenvalue weighted by molar-refractivity contribution is 7.09. The van der Waals surface area contributed by atoms with E-state index in [0.29, 0.717) is 5.69 Å². The number of thiazole rings is 1. The van der Waals surface area contributed by atoms with Gasteiger partial charge in [0.1, 0.15) is 12.7 Å². The van der Waals surface area contributed by atoms with Crippen LogP contribution >= 0.6 is 11.3 Å². The second kappa shape index (κ2) is 6.31. The van der Waals surface area contributed by atoms with Gasteiger partial charge in [0.15, 0.2) is 0 Å². The van der Waals surface area contributed by atoms with Crippen LogP contribution in [0.1, 0.15) is 10.7 Å². The van der Waals surface area contributed by atoms with Gasteiger partial charge >= 0.3 is 0 Å². The molecule has 1 N–H and O–H groups in total. The van der Waals surface area contributed by atoms with Crippen molar-refractivity contribution in [2.45, 2.75) is 6.92 Å². The van der Waals surface area contributed by atoms with Gasteiger partial charge in [-0.3, -0.25) is 4.79 Å². The number of nitrogens with zero attached hydrogens (tertiary/aromatic N) is 4. The van der Waals surface area contributed by atoms with Crippen molar-refractivity contribution in [2.24, 2.45) is 0 Å². The van der Waals surface area contributed by atoms with E-state index < -0.39 is 0 Å². The average molecular weight is 311 g/mol. The first-order chi connectivity index (χ1) is 10.7. The van der Waals surface area contributed by atoms with Gasteiger partial charge in [0.2, 0.25) is 5.91 Å². The van der Waals surface area contributed by atoms with Crippen molar-refractivity contribution in [1.29, 1.82) is 0 Å². The van der Waals surface area contributed by atoms with E-state index in [2.05, 4.69) is 20.4 Å². The molecule has 22 heavy (non-hydrogen) atoms. The zero-order valence-electron chi connectivity index (χ0n) is 11.8. The first-order valence-corrected chi connectivity index (χ1v) is 7.45. The molecule has 0 saturated carbocycles. The summed E-state index contributed by atoms with van der Waals surface area (Å²) < 4.78 is 1.60. The van der Waals surface area contributed by atoms with E-state index in [1.54, 1.807) is 28.4 Å². The smallest absolute Gasteiger partial charge is 0.248 e. The van der Waals surface area contributed by atoms with Gasteiger partial charge < -0.3 is 5.32 Å². The van der Waals surface area contributed by atoms with Gasteiger partial charge in [-0.25, -0.2) is 14.6 Å². The van der Waals surface area contributed by atoms with E-state index >= 15 is 0 Å². The number of carbonyl (C=O) groups excluding carboxylic acids is 1. The van der Waals surface area contributed by atoms with Crippen molar-refractivity contribution in [1.82, 2.24) is 19.7 Å². The highest BCUT2D eigenvalue weighted by Crippen LogP contribution is 2.18. The van der Waals surface area contributed by atoms with Crippen LogP contribution in [0.5, 0.6) is 0 Å². The van der Waals surface area contributed by atoms with E-state index in [1.165, 1.54) is 12.4 Å². The number of hydrogen-bond donors (Lipinski definition) is 1. The van der Waals surface area contributed by atoms with Crippen LogP contribution < -0.4 is 5.32 Å². The molecule has 0 aliphatic heterocycles. The molecule has 110 valence electrons. The Bertz CT molecular complexity index is 807. The Kier molecular flexibility index (Phi) is 4.06. The Morgan fingerprint density at radius 3 is 2.95 bits per heavy atom. The topological polar surface area (TPSA) is 72.7 Å². The SMILES string of the molecule is Cc1nc(/C=C/C(=O)Nc2ccccc2-n2cncn2)cs1. The number of rotatable bonds is 4. The molecule has 0 spiro atoms. The van der Waals surface area contributed by atoms with Gasteiger partial charge in [0.25, 0.3) is 0 Å². The number of benzene rings is 1. The number of amides is 1. The number of aryl methyl sites for hydroxylation is 1. The lowest BCUT2D eigenvalue weighted by Crippen LogP contribution is -2.10. The van der Waals surface area contributed by atoms with Crippen LogP contribution in [0, 0.1) is 6.92 Å². The van der Waals surface area contributed by atoms with Crippen molar-refractivity contribution in [3.05, 3.63) is 59.1 Å². The third-order valence-electron chi connectivity index (χ3n) is 2.87. The summed E-state index contributed by atoms with van der Waals surface area (Å²) in [5.74, 6) is -0.224. The molecule has 1 amide bonds. The van der Waals surface area contributed by atoms with Gasteiger partial charge in [-0.05, 0) is 25.1 Å². The first kappa shape index (κ1) is 14.2. The summed E-state index contributed by atoms with van der Waals surface area (Å²) in [5, 5.41) is 9.79. The number of anilines is 1. The number of aromatic nitrogens is 4. The summed E-state index contributed by atoms with van der Waals surface area (Å²) >= 11 is 1.55. The molecule has 1 aromatic carbocycles. The third-order valence-corrected chi connectivity index (χ3v) is 3.66. The molecule has 2 heterocycles. The van der Waals surface area contributed by atoms with Gasteiger partial charge in [0.05, 0.1) is 22.1 Å². The lowest BCUT2D eigenvalue weighted by atomic mass is 10.2. The van der Waals surface area contributed by atoms with Crippen LogP contribution in [0.15, 0.2) is 48.4 Å². The number of nitrogens with one attached hydrogen (secondary N) is 1. The quantitative estimate of drug-likeness (QED) is 0.752. The van der Waals surface area contributed by atoms with Crippen LogP contribution in [-0.2, 0) is 4.79 Å². The summed E-state index contributed by atoms with van der Waals surface area (Å²) in [4.78, 5) is 20.2. The van der Waals surface area contributed by atoms with Gasteiger partial charge in [-0.2, -0.15) is 5.10 Å². The van der Waals surface area contributed by atoms with E-state index in [4.69, 9.17) is 0 Å². The van der Waals surface area contributed by atoms with Crippen molar-refractivity contribution in [3.8, 4) is 5.69 Å². The number of carbonyl (C=O) groups is 1. The Hall–Kier alpha value is -2.80. The molecule has 3 rings (SSSR count). The molecule has 0 aliphatic rings. The minimum Gasteiger partial charge on any atom is -0.321 e. The molecule has 0 bridgehead atoms. The fourth-order valence-electron chi connectivity index (χ4n) is 1.90. The Labute approximate surface area is 131 Å².